The molecule has 1 aromatic heterocycles. The van der Waals surface area contributed by atoms with Gasteiger partial charge in [0.15, 0.2) is 0 Å². The van der Waals surface area contributed by atoms with Crippen LogP contribution < -0.4 is 5.56 Å². The molecular formula is C25H25F2N3O4. The number of amides is 1. The van der Waals surface area contributed by atoms with Crippen molar-refractivity contribution in [3.8, 4) is 6.01 Å². The van der Waals surface area contributed by atoms with Crippen LogP contribution in [0.15, 0.2) is 53.3 Å². The van der Waals surface area contributed by atoms with Crippen molar-refractivity contribution < 1.29 is 23.4 Å². The molecule has 0 unspecified atom stereocenters. The molecule has 178 valence electrons. The summed E-state index contributed by atoms with van der Waals surface area (Å²) in [7, 11) is 0. The van der Waals surface area contributed by atoms with Gasteiger partial charge in [0.25, 0.3) is 11.6 Å². The minimum absolute atomic E-state index is 0.0195. The van der Waals surface area contributed by atoms with Crippen molar-refractivity contribution in [3.05, 3.63) is 92.9 Å². The Morgan fingerprint density at radius 2 is 1.56 bits per heavy atom. The van der Waals surface area contributed by atoms with Crippen LogP contribution in [0.4, 0.5) is 13.6 Å². The zero-order valence-electron chi connectivity index (χ0n) is 19.1. The molecule has 34 heavy (non-hydrogen) atoms. The first-order valence-corrected chi connectivity index (χ1v) is 10.9. The molecule has 0 aliphatic carbocycles. The summed E-state index contributed by atoms with van der Waals surface area (Å²) >= 11 is 0. The third kappa shape index (κ3) is 4.78. The smallest absolute Gasteiger partial charge is 0.410 e. The number of rotatable bonds is 3. The second-order valence-electron chi connectivity index (χ2n) is 9.17. The van der Waals surface area contributed by atoms with Crippen molar-refractivity contribution in [2.24, 2.45) is 0 Å². The molecule has 0 bridgehead atoms. The summed E-state index contributed by atoms with van der Waals surface area (Å²) in [5, 5.41) is 10.8. The average Bonchev–Trinajstić information content (AvgIpc) is 2.77. The van der Waals surface area contributed by atoms with E-state index in [0.717, 1.165) is 4.57 Å². The van der Waals surface area contributed by atoms with Gasteiger partial charge < -0.3 is 14.7 Å². The molecule has 1 N–H and O–H groups in total. The van der Waals surface area contributed by atoms with Crippen molar-refractivity contribution in [3.63, 3.8) is 0 Å². The van der Waals surface area contributed by atoms with Crippen LogP contribution in [0.2, 0.25) is 0 Å². The highest BCUT2D eigenvalue weighted by Crippen LogP contribution is 2.30. The van der Waals surface area contributed by atoms with Gasteiger partial charge in [0, 0.05) is 12.1 Å². The topological polar surface area (TPSA) is 84.7 Å². The fourth-order valence-corrected chi connectivity index (χ4v) is 3.99. The molecule has 9 heteroatoms. The van der Waals surface area contributed by atoms with E-state index in [1.165, 1.54) is 53.4 Å². The number of hydrogen-bond acceptors (Lipinski definition) is 5. The van der Waals surface area contributed by atoms with E-state index in [2.05, 4.69) is 4.98 Å². The predicted molar refractivity (Wildman–Crippen MR) is 121 cm³/mol. The summed E-state index contributed by atoms with van der Waals surface area (Å²) in [6.07, 6.45) is -0.306. The van der Waals surface area contributed by atoms with E-state index in [0.29, 0.717) is 16.7 Å². The highest BCUT2D eigenvalue weighted by Gasteiger charge is 2.31. The van der Waals surface area contributed by atoms with Gasteiger partial charge in [-0.1, -0.05) is 24.3 Å². The van der Waals surface area contributed by atoms with Crippen molar-refractivity contribution in [2.45, 2.75) is 45.4 Å². The number of carbonyl (C=O) groups is 1. The highest BCUT2D eigenvalue weighted by atomic mass is 19.1. The summed E-state index contributed by atoms with van der Waals surface area (Å²) in [4.78, 5) is 31.7. The van der Waals surface area contributed by atoms with Gasteiger partial charge in [-0.15, -0.1) is 0 Å². The van der Waals surface area contributed by atoms with Crippen LogP contribution >= 0.6 is 0 Å². The Hall–Kier alpha value is -3.75. The van der Waals surface area contributed by atoms with E-state index >= 15 is 0 Å². The van der Waals surface area contributed by atoms with Gasteiger partial charge in [0.2, 0.25) is 0 Å². The van der Waals surface area contributed by atoms with Gasteiger partial charge in [-0.25, -0.2) is 13.6 Å². The minimum atomic E-state index is -0.865. The molecule has 3 aromatic rings. The monoisotopic (exact) mass is 469 g/mol. The summed E-state index contributed by atoms with van der Waals surface area (Å²) < 4.78 is 33.7. The number of hydrogen-bond donors (Lipinski definition) is 1. The molecule has 4 rings (SSSR count). The van der Waals surface area contributed by atoms with Gasteiger partial charge in [-0.2, -0.15) is 4.98 Å². The normalized spacial score (nSPS) is 13.6. The number of carbonyl (C=O) groups excluding carboxylic acids is 1. The zero-order chi connectivity index (χ0) is 24.6. The standard InChI is InChI=1S/C25H25F2N3O4/c1-25(2,3)34-24(33)29-13-12-19-20(14-29)28-23(32)30(22(19)31)21(15-4-8-17(26)9-5-15)16-6-10-18(27)11-7-16/h4-11,21H,12-14H2,1-3H3,(H,28,32). The van der Waals surface area contributed by atoms with E-state index < -0.39 is 40.9 Å². The Morgan fingerprint density at radius 3 is 2.06 bits per heavy atom. The molecule has 1 amide bonds. The Labute approximate surface area is 195 Å². The lowest BCUT2D eigenvalue weighted by Crippen LogP contribution is -2.43. The van der Waals surface area contributed by atoms with E-state index in [1.807, 2.05) is 0 Å². The SMILES string of the molecule is CC(C)(C)OC(=O)N1CCc2c(nc(O)n(C(c3ccc(F)cc3)c3ccc(F)cc3)c2=O)C1. The fraction of sp³-hybridized carbons (Fsp3) is 0.320. The molecule has 1 aliphatic heterocycles. The third-order valence-electron chi connectivity index (χ3n) is 5.53. The Morgan fingerprint density at radius 1 is 1.03 bits per heavy atom. The quantitative estimate of drug-likeness (QED) is 0.623. The second kappa shape index (κ2) is 8.89. The second-order valence-corrected chi connectivity index (χ2v) is 9.17. The number of fused-ring (bicyclic) bond motifs is 1. The maximum absolute atomic E-state index is 13.6. The number of ether oxygens (including phenoxy) is 1. The van der Waals surface area contributed by atoms with Gasteiger partial charge in [0.05, 0.1) is 18.3 Å². The van der Waals surface area contributed by atoms with Crippen molar-refractivity contribution in [2.75, 3.05) is 6.54 Å². The van der Waals surface area contributed by atoms with Crippen molar-refractivity contribution in [1.82, 2.24) is 14.5 Å². The zero-order valence-corrected chi connectivity index (χ0v) is 19.1. The molecule has 0 atom stereocenters. The lowest BCUT2D eigenvalue weighted by molar-refractivity contribution is 0.0219. The number of benzene rings is 2. The van der Waals surface area contributed by atoms with E-state index in [4.69, 9.17) is 4.74 Å². The lowest BCUT2D eigenvalue weighted by Gasteiger charge is -2.31. The number of nitrogens with zero attached hydrogens (tertiary/aromatic N) is 3. The molecule has 0 saturated heterocycles. The number of halogens is 2. The molecule has 2 heterocycles. The molecular weight excluding hydrogens is 444 g/mol. The van der Waals surface area contributed by atoms with Crippen molar-refractivity contribution in [1.29, 1.82) is 0 Å². The molecule has 0 saturated carbocycles. The molecule has 2 aromatic carbocycles. The van der Waals surface area contributed by atoms with E-state index in [-0.39, 0.29) is 25.2 Å². The first kappa shape index (κ1) is 23.4. The Kier molecular flexibility index (Phi) is 6.12. The first-order chi connectivity index (χ1) is 16.0. The summed E-state index contributed by atoms with van der Waals surface area (Å²) in [5.74, 6) is -0.909. The molecule has 7 nitrogen and oxygen atoms in total. The summed E-state index contributed by atoms with van der Waals surface area (Å²) in [6, 6.07) is 9.56. The number of aromatic hydroxyl groups is 1. The maximum Gasteiger partial charge on any atom is 0.410 e. The lowest BCUT2D eigenvalue weighted by atomic mass is 9.97. The van der Waals surface area contributed by atoms with Crippen LogP contribution in [0.5, 0.6) is 6.01 Å². The van der Waals surface area contributed by atoms with Crippen LogP contribution in [0.25, 0.3) is 0 Å². The number of aromatic nitrogens is 2. The van der Waals surface area contributed by atoms with Gasteiger partial charge in [-0.3, -0.25) is 9.36 Å². The fourth-order valence-electron chi connectivity index (χ4n) is 3.99. The van der Waals surface area contributed by atoms with Crippen LogP contribution in [-0.2, 0) is 17.7 Å². The average molecular weight is 469 g/mol. The highest BCUT2D eigenvalue weighted by molar-refractivity contribution is 5.68. The largest absolute Gasteiger partial charge is 0.480 e. The minimum Gasteiger partial charge on any atom is -0.480 e. The summed E-state index contributed by atoms with van der Waals surface area (Å²) in [6.45, 7) is 5.55. The van der Waals surface area contributed by atoms with Gasteiger partial charge >= 0.3 is 6.09 Å². The van der Waals surface area contributed by atoms with E-state index in [9.17, 15) is 23.5 Å². The first-order valence-electron chi connectivity index (χ1n) is 10.9. The van der Waals surface area contributed by atoms with Crippen LogP contribution in [-0.4, -0.2) is 37.8 Å². The van der Waals surface area contributed by atoms with Crippen LogP contribution in [0.3, 0.4) is 0 Å². The predicted octanol–water partition coefficient (Wildman–Crippen LogP) is 4.16. The third-order valence-corrected chi connectivity index (χ3v) is 5.53. The Bertz CT molecular complexity index is 1220. The van der Waals surface area contributed by atoms with Gasteiger partial charge in [0.1, 0.15) is 17.2 Å². The molecule has 1 aliphatic rings. The van der Waals surface area contributed by atoms with Crippen LogP contribution in [0, 0.1) is 11.6 Å². The van der Waals surface area contributed by atoms with Crippen LogP contribution in [0.1, 0.15) is 49.2 Å². The van der Waals surface area contributed by atoms with Gasteiger partial charge in [-0.05, 0) is 62.6 Å². The summed E-state index contributed by atoms with van der Waals surface area (Å²) in [5.41, 5.74) is 0.523. The molecule has 0 radical (unpaired) electrons. The van der Waals surface area contributed by atoms with Crippen molar-refractivity contribution >= 4 is 6.09 Å². The molecule has 0 fully saturated rings. The van der Waals surface area contributed by atoms with E-state index in [1.54, 1.807) is 20.8 Å². The maximum atomic E-state index is 13.6. The Balaban J connectivity index is 1.77. The molecule has 0 spiro atoms.